The Labute approximate surface area is 111 Å². The molecule has 100 valence electrons. The van der Waals surface area contributed by atoms with Crippen molar-refractivity contribution in [3.8, 4) is 0 Å². The molecule has 1 aromatic carbocycles. The molecular weight excluding hydrogens is 242 g/mol. The van der Waals surface area contributed by atoms with E-state index in [1.165, 1.54) is 4.90 Å². The fourth-order valence-corrected chi connectivity index (χ4v) is 2.65. The third kappa shape index (κ3) is 1.81. The Kier molecular flexibility index (Phi) is 2.60. The molecule has 2 fully saturated rings. The average Bonchev–Trinajstić information content (AvgIpc) is 3.20. The van der Waals surface area contributed by atoms with Gasteiger partial charge in [0.05, 0.1) is 5.69 Å². The lowest BCUT2D eigenvalue weighted by Gasteiger charge is -2.21. The molecule has 1 atom stereocenters. The van der Waals surface area contributed by atoms with Crippen molar-refractivity contribution in [1.82, 2.24) is 5.32 Å². The molecule has 3 N–H and O–H groups in total. The molecule has 3 amide bonds. The number of benzene rings is 1. The van der Waals surface area contributed by atoms with Gasteiger partial charge in [-0.1, -0.05) is 12.1 Å². The zero-order valence-corrected chi connectivity index (χ0v) is 10.8. The Bertz CT molecular complexity index is 553. The number of rotatable bonds is 3. The number of carbonyl (C=O) groups excluding carboxylic acids is 2. The van der Waals surface area contributed by atoms with Crippen LogP contribution in [0.3, 0.4) is 0 Å². The standard InChI is InChI=1S/C14H17N3O2/c1-14(10-5-6-10)12(18)17(13(19)16-14)11-4-2-3-9(7-11)8-15/h2-4,7,10H,5-6,8,15H2,1H3,(H,16,19). The van der Waals surface area contributed by atoms with E-state index in [-0.39, 0.29) is 17.9 Å². The van der Waals surface area contributed by atoms with Crippen LogP contribution in [-0.2, 0) is 11.3 Å². The highest BCUT2D eigenvalue weighted by Gasteiger charge is 2.56. The lowest BCUT2D eigenvalue weighted by Crippen LogP contribution is -2.46. The van der Waals surface area contributed by atoms with Crippen LogP contribution in [0.1, 0.15) is 25.3 Å². The summed E-state index contributed by atoms with van der Waals surface area (Å²) in [5.41, 5.74) is 6.35. The number of nitrogens with zero attached hydrogens (tertiary/aromatic N) is 1. The number of hydrogen-bond acceptors (Lipinski definition) is 3. The fourth-order valence-electron chi connectivity index (χ4n) is 2.65. The molecule has 2 aliphatic rings. The van der Waals surface area contributed by atoms with E-state index in [9.17, 15) is 9.59 Å². The molecule has 0 aromatic heterocycles. The first kappa shape index (κ1) is 12.2. The Morgan fingerprint density at radius 3 is 2.79 bits per heavy atom. The van der Waals surface area contributed by atoms with E-state index in [1.54, 1.807) is 12.1 Å². The molecule has 1 saturated carbocycles. The number of nitrogens with one attached hydrogen (secondary N) is 1. The number of urea groups is 1. The molecular formula is C14H17N3O2. The van der Waals surface area contributed by atoms with Gasteiger partial charge in [-0.05, 0) is 43.4 Å². The van der Waals surface area contributed by atoms with Crippen LogP contribution in [0, 0.1) is 5.92 Å². The predicted octanol–water partition coefficient (Wildman–Crippen LogP) is 1.37. The summed E-state index contributed by atoms with van der Waals surface area (Å²) >= 11 is 0. The molecule has 5 heteroatoms. The van der Waals surface area contributed by atoms with E-state index in [0.29, 0.717) is 12.2 Å². The van der Waals surface area contributed by atoms with Crippen LogP contribution in [0.5, 0.6) is 0 Å². The molecule has 1 aliphatic carbocycles. The summed E-state index contributed by atoms with van der Waals surface area (Å²) in [5.74, 6) is 0.112. The number of amides is 3. The van der Waals surface area contributed by atoms with Gasteiger partial charge in [0.1, 0.15) is 5.54 Å². The SMILES string of the molecule is CC1(C2CC2)NC(=O)N(c2cccc(CN)c2)C1=O. The average molecular weight is 259 g/mol. The number of nitrogens with two attached hydrogens (primary N) is 1. The minimum Gasteiger partial charge on any atom is -0.326 e. The van der Waals surface area contributed by atoms with E-state index in [4.69, 9.17) is 5.73 Å². The van der Waals surface area contributed by atoms with Crippen LogP contribution in [0.25, 0.3) is 0 Å². The molecule has 1 aromatic rings. The van der Waals surface area contributed by atoms with E-state index in [0.717, 1.165) is 18.4 Å². The van der Waals surface area contributed by atoms with Gasteiger partial charge in [-0.2, -0.15) is 0 Å². The smallest absolute Gasteiger partial charge is 0.326 e. The van der Waals surface area contributed by atoms with Gasteiger partial charge in [0.15, 0.2) is 0 Å². The van der Waals surface area contributed by atoms with Crippen molar-refractivity contribution < 1.29 is 9.59 Å². The van der Waals surface area contributed by atoms with Gasteiger partial charge in [0.2, 0.25) is 0 Å². The van der Waals surface area contributed by atoms with Crippen molar-refractivity contribution in [2.24, 2.45) is 11.7 Å². The summed E-state index contributed by atoms with van der Waals surface area (Å²) in [5, 5.41) is 2.83. The van der Waals surface area contributed by atoms with Crippen LogP contribution in [0.4, 0.5) is 10.5 Å². The predicted molar refractivity (Wildman–Crippen MR) is 71.5 cm³/mol. The molecule has 19 heavy (non-hydrogen) atoms. The molecule has 1 saturated heterocycles. The lowest BCUT2D eigenvalue weighted by molar-refractivity contribution is -0.122. The third-order valence-electron chi connectivity index (χ3n) is 4.02. The Balaban J connectivity index is 1.96. The normalized spacial score (nSPS) is 26.7. The summed E-state index contributed by atoms with van der Waals surface area (Å²) in [7, 11) is 0. The first-order valence-electron chi connectivity index (χ1n) is 6.52. The highest BCUT2D eigenvalue weighted by atomic mass is 16.2. The second-order valence-electron chi connectivity index (χ2n) is 5.42. The van der Waals surface area contributed by atoms with Crippen molar-refractivity contribution >= 4 is 17.6 Å². The van der Waals surface area contributed by atoms with Crippen molar-refractivity contribution in [1.29, 1.82) is 0 Å². The Morgan fingerprint density at radius 1 is 1.42 bits per heavy atom. The van der Waals surface area contributed by atoms with E-state index < -0.39 is 5.54 Å². The van der Waals surface area contributed by atoms with Gasteiger partial charge in [-0.25, -0.2) is 9.69 Å². The molecule has 0 spiro atoms. The number of hydrogen-bond donors (Lipinski definition) is 2. The van der Waals surface area contributed by atoms with Gasteiger partial charge in [0, 0.05) is 6.54 Å². The maximum atomic E-state index is 12.5. The van der Waals surface area contributed by atoms with Gasteiger partial charge in [-0.3, -0.25) is 4.79 Å². The van der Waals surface area contributed by atoms with Crippen LogP contribution in [0.2, 0.25) is 0 Å². The van der Waals surface area contributed by atoms with Gasteiger partial charge in [0.25, 0.3) is 5.91 Å². The summed E-state index contributed by atoms with van der Waals surface area (Å²) in [4.78, 5) is 25.9. The minimum absolute atomic E-state index is 0.158. The Morgan fingerprint density at radius 2 is 2.16 bits per heavy atom. The maximum Gasteiger partial charge on any atom is 0.329 e. The summed E-state index contributed by atoms with van der Waals surface area (Å²) in [6.07, 6.45) is 2.00. The van der Waals surface area contributed by atoms with Crippen molar-refractivity contribution in [2.45, 2.75) is 31.8 Å². The first-order valence-corrected chi connectivity index (χ1v) is 6.52. The number of carbonyl (C=O) groups is 2. The molecule has 0 bridgehead atoms. The second kappa shape index (κ2) is 4.06. The fraction of sp³-hybridized carbons (Fsp3) is 0.429. The number of anilines is 1. The quantitative estimate of drug-likeness (QED) is 0.805. The summed E-state index contributed by atoms with van der Waals surface area (Å²) in [6.45, 7) is 2.20. The van der Waals surface area contributed by atoms with Gasteiger partial charge < -0.3 is 11.1 Å². The highest BCUT2D eigenvalue weighted by molar-refractivity contribution is 6.23. The molecule has 1 heterocycles. The minimum atomic E-state index is -0.740. The Hall–Kier alpha value is -1.88. The topological polar surface area (TPSA) is 75.4 Å². The van der Waals surface area contributed by atoms with E-state index >= 15 is 0 Å². The van der Waals surface area contributed by atoms with Crippen LogP contribution in [0.15, 0.2) is 24.3 Å². The van der Waals surface area contributed by atoms with E-state index in [2.05, 4.69) is 5.32 Å². The first-order chi connectivity index (χ1) is 9.06. The largest absolute Gasteiger partial charge is 0.329 e. The van der Waals surface area contributed by atoms with Crippen LogP contribution in [-0.4, -0.2) is 17.5 Å². The van der Waals surface area contributed by atoms with Crippen molar-refractivity contribution in [3.05, 3.63) is 29.8 Å². The summed E-state index contributed by atoms with van der Waals surface area (Å²) in [6, 6.07) is 6.90. The molecule has 3 rings (SSSR count). The highest BCUT2D eigenvalue weighted by Crippen LogP contribution is 2.43. The molecule has 5 nitrogen and oxygen atoms in total. The number of imide groups is 1. The van der Waals surface area contributed by atoms with E-state index in [1.807, 2.05) is 19.1 Å². The van der Waals surface area contributed by atoms with Gasteiger partial charge in [-0.15, -0.1) is 0 Å². The van der Waals surface area contributed by atoms with Crippen molar-refractivity contribution in [3.63, 3.8) is 0 Å². The zero-order valence-electron chi connectivity index (χ0n) is 10.8. The van der Waals surface area contributed by atoms with Crippen LogP contribution >= 0.6 is 0 Å². The molecule has 0 radical (unpaired) electrons. The lowest BCUT2D eigenvalue weighted by atomic mass is 9.96. The second-order valence-corrected chi connectivity index (χ2v) is 5.42. The van der Waals surface area contributed by atoms with Gasteiger partial charge >= 0.3 is 6.03 Å². The monoisotopic (exact) mass is 259 g/mol. The van der Waals surface area contributed by atoms with Crippen molar-refractivity contribution in [2.75, 3.05) is 4.90 Å². The molecule has 1 aliphatic heterocycles. The van der Waals surface area contributed by atoms with Crippen LogP contribution < -0.4 is 16.0 Å². The molecule has 1 unspecified atom stereocenters. The third-order valence-corrected chi connectivity index (χ3v) is 4.02. The zero-order chi connectivity index (χ0) is 13.6. The summed E-state index contributed by atoms with van der Waals surface area (Å²) < 4.78 is 0. The maximum absolute atomic E-state index is 12.5.